The van der Waals surface area contributed by atoms with Gasteiger partial charge in [0.15, 0.2) is 0 Å². The standard InChI is InChI=1S/C11H23N/c1-4-10(2)11-8-6-5-7-9-12(11)3/h10-11H,4-9H2,1-3H3. The molecule has 0 aromatic rings. The molecule has 0 saturated carbocycles. The van der Waals surface area contributed by atoms with E-state index in [1.807, 2.05) is 0 Å². The molecule has 1 saturated heterocycles. The van der Waals surface area contributed by atoms with Gasteiger partial charge in [-0.1, -0.05) is 33.1 Å². The Labute approximate surface area is 77.1 Å². The summed E-state index contributed by atoms with van der Waals surface area (Å²) in [5.74, 6) is 0.882. The normalized spacial score (nSPS) is 29.8. The van der Waals surface area contributed by atoms with Crippen molar-refractivity contribution in [1.82, 2.24) is 4.90 Å². The summed E-state index contributed by atoms with van der Waals surface area (Å²) in [6.45, 7) is 6.02. The molecule has 12 heavy (non-hydrogen) atoms. The zero-order valence-corrected chi connectivity index (χ0v) is 8.84. The summed E-state index contributed by atoms with van der Waals surface area (Å²) in [6.07, 6.45) is 7.04. The van der Waals surface area contributed by atoms with Crippen molar-refractivity contribution in [1.29, 1.82) is 0 Å². The van der Waals surface area contributed by atoms with Gasteiger partial charge in [-0.25, -0.2) is 0 Å². The van der Waals surface area contributed by atoms with Crippen LogP contribution in [0.2, 0.25) is 0 Å². The minimum absolute atomic E-state index is 0.859. The maximum atomic E-state index is 2.57. The SMILES string of the molecule is CCC(C)C1CCCCCN1C. The van der Waals surface area contributed by atoms with Crippen LogP contribution in [0.3, 0.4) is 0 Å². The minimum Gasteiger partial charge on any atom is -0.303 e. The van der Waals surface area contributed by atoms with Crippen LogP contribution in [0.1, 0.15) is 46.0 Å². The Morgan fingerprint density at radius 1 is 1.33 bits per heavy atom. The first-order valence-corrected chi connectivity index (χ1v) is 5.46. The van der Waals surface area contributed by atoms with Gasteiger partial charge in [0, 0.05) is 6.04 Å². The number of hydrogen-bond donors (Lipinski definition) is 0. The monoisotopic (exact) mass is 169 g/mol. The summed E-state index contributed by atoms with van der Waals surface area (Å²) in [7, 11) is 2.29. The lowest BCUT2D eigenvalue weighted by molar-refractivity contribution is 0.182. The number of hydrogen-bond acceptors (Lipinski definition) is 1. The Hall–Kier alpha value is -0.0400. The highest BCUT2D eigenvalue weighted by Gasteiger charge is 2.21. The second-order valence-electron chi connectivity index (χ2n) is 4.28. The molecule has 0 bridgehead atoms. The molecule has 0 aliphatic carbocycles. The summed E-state index contributed by atoms with van der Waals surface area (Å²) >= 11 is 0. The molecule has 1 aliphatic heterocycles. The van der Waals surface area contributed by atoms with Crippen LogP contribution in [0.25, 0.3) is 0 Å². The molecule has 0 spiro atoms. The van der Waals surface area contributed by atoms with E-state index >= 15 is 0 Å². The highest BCUT2D eigenvalue weighted by Crippen LogP contribution is 2.22. The lowest BCUT2D eigenvalue weighted by Crippen LogP contribution is -2.35. The summed E-state index contributed by atoms with van der Waals surface area (Å²) in [5, 5.41) is 0. The molecule has 0 aromatic carbocycles. The van der Waals surface area contributed by atoms with Crippen molar-refractivity contribution in [2.45, 2.75) is 52.0 Å². The first kappa shape index (κ1) is 10.0. The number of rotatable bonds is 2. The van der Waals surface area contributed by atoms with Crippen LogP contribution < -0.4 is 0 Å². The molecule has 1 heterocycles. The molecular formula is C11H23N. The van der Waals surface area contributed by atoms with Gasteiger partial charge in [0.1, 0.15) is 0 Å². The van der Waals surface area contributed by atoms with Gasteiger partial charge < -0.3 is 4.90 Å². The van der Waals surface area contributed by atoms with Gasteiger partial charge in [-0.2, -0.15) is 0 Å². The largest absolute Gasteiger partial charge is 0.303 e. The van der Waals surface area contributed by atoms with Crippen molar-refractivity contribution >= 4 is 0 Å². The van der Waals surface area contributed by atoms with E-state index in [1.54, 1.807) is 0 Å². The maximum absolute atomic E-state index is 2.57. The van der Waals surface area contributed by atoms with E-state index in [0.29, 0.717) is 0 Å². The van der Waals surface area contributed by atoms with Gasteiger partial charge in [-0.15, -0.1) is 0 Å². The van der Waals surface area contributed by atoms with E-state index in [-0.39, 0.29) is 0 Å². The lowest BCUT2D eigenvalue weighted by Gasteiger charge is -2.30. The van der Waals surface area contributed by atoms with Crippen molar-refractivity contribution in [2.24, 2.45) is 5.92 Å². The fraction of sp³-hybridized carbons (Fsp3) is 1.00. The third-order valence-corrected chi connectivity index (χ3v) is 3.38. The van der Waals surface area contributed by atoms with Crippen LogP contribution in [0.4, 0.5) is 0 Å². The van der Waals surface area contributed by atoms with E-state index in [4.69, 9.17) is 0 Å². The topological polar surface area (TPSA) is 3.24 Å². The van der Waals surface area contributed by atoms with Gasteiger partial charge in [0.25, 0.3) is 0 Å². The first-order valence-electron chi connectivity index (χ1n) is 5.46. The molecule has 0 radical (unpaired) electrons. The van der Waals surface area contributed by atoms with E-state index in [9.17, 15) is 0 Å². The quantitative estimate of drug-likeness (QED) is 0.614. The van der Waals surface area contributed by atoms with E-state index in [2.05, 4.69) is 25.8 Å². The van der Waals surface area contributed by atoms with Gasteiger partial charge in [0.2, 0.25) is 0 Å². The minimum atomic E-state index is 0.859. The predicted molar refractivity (Wildman–Crippen MR) is 54.3 cm³/mol. The molecule has 1 heteroatoms. The van der Waals surface area contributed by atoms with Crippen LogP contribution >= 0.6 is 0 Å². The summed E-state index contributed by atoms with van der Waals surface area (Å²) in [6, 6.07) is 0.859. The van der Waals surface area contributed by atoms with Gasteiger partial charge in [-0.05, 0) is 32.4 Å². The zero-order valence-electron chi connectivity index (χ0n) is 8.84. The van der Waals surface area contributed by atoms with Crippen molar-refractivity contribution < 1.29 is 0 Å². The highest BCUT2D eigenvalue weighted by molar-refractivity contribution is 4.76. The van der Waals surface area contributed by atoms with E-state index in [1.165, 1.54) is 38.6 Å². The van der Waals surface area contributed by atoms with Gasteiger partial charge in [0.05, 0.1) is 0 Å². The maximum Gasteiger partial charge on any atom is 0.0118 e. The Morgan fingerprint density at radius 2 is 2.08 bits per heavy atom. The number of nitrogens with zero attached hydrogens (tertiary/aromatic N) is 1. The van der Waals surface area contributed by atoms with Crippen LogP contribution in [0, 0.1) is 5.92 Å². The van der Waals surface area contributed by atoms with E-state index in [0.717, 1.165) is 12.0 Å². The molecule has 1 aliphatic rings. The average molecular weight is 169 g/mol. The summed E-state index contributed by atoms with van der Waals surface area (Å²) in [4.78, 5) is 2.57. The van der Waals surface area contributed by atoms with Gasteiger partial charge >= 0.3 is 0 Å². The fourth-order valence-electron chi connectivity index (χ4n) is 2.27. The van der Waals surface area contributed by atoms with Crippen LogP contribution in [0.5, 0.6) is 0 Å². The fourth-order valence-corrected chi connectivity index (χ4v) is 2.27. The van der Waals surface area contributed by atoms with Crippen LogP contribution in [-0.2, 0) is 0 Å². The molecule has 0 amide bonds. The molecule has 1 rings (SSSR count). The Balaban J connectivity index is 2.46. The third kappa shape index (κ3) is 2.48. The van der Waals surface area contributed by atoms with E-state index < -0.39 is 0 Å². The summed E-state index contributed by atoms with van der Waals surface area (Å²) in [5.41, 5.74) is 0. The second kappa shape index (κ2) is 4.86. The second-order valence-corrected chi connectivity index (χ2v) is 4.28. The third-order valence-electron chi connectivity index (χ3n) is 3.38. The molecule has 72 valence electrons. The van der Waals surface area contributed by atoms with Crippen molar-refractivity contribution in [3.05, 3.63) is 0 Å². The Morgan fingerprint density at radius 3 is 2.75 bits per heavy atom. The molecule has 0 aromatic heterocycles. The predicted octanol–water partition coefficient (Wildman–Crippen LogP) is 2.91. The van der Waals surface area contributed by atoms with Crippen molar-refractivity contribution in [3.63, 3.8) is 0 Å². The lowest BCUT2D eigenvalue weighted by atomic mass is 9.94. The Bertz CT molecular complexity index is 122. The zero-order chi connectivity index (χ0) is 8.97. The molecule has 1 nitrogen and oxygen atoms in total. The Kier molecular flexibility index (Phi) is 4.07. The first-order chi connectivity index (χ1) is 5.75. The molecule has 2 atom stereocenters. The average Bonchev–Trinajstić information content (AvgIpc) is 2.28. The molecule has 2 unspecified atom stereocenters. The summed E-state index contributed by atoms with van der Waals surface area (Å²) < 4.78 is 0. The number of likely N-dealkylation sites (tertiary alicyclic amines) is 1. The van der Waals surface area contributed by atoms with Crippen LogP contribution in [-0.4, -0.2) is 24.5 Å². The van der Waals surface area contributed by atoms with Crippen LogP contribution in [0.15, 0.2) is 0 Å². The molecule has 1 fully saturated rings. The smallest absolute Gasteiger partial charge is 0.0118 e. The molecular weight excluding hydrogens is 146 g/mol. The molecule has 0 N–H and O–H groups in total. The highest BCUT2D eigenvalue weighted by atomic mass is 15.1. The van der Waals surface area contributed by atoms with Gasteiger partial charge in [-0.3, -0.25) is 0 Å². The van der Waals surface area contributed by atoms with Crippen molar-refractivity contribution in [2.75, 3.05) is 13.6 Å². The van der Waals surface area contributed by atoms with Crippen molar-refractivity contribution in [3.8, 4) is 0 Å².